The Morgan fingerprint density at radius 2 is 1.63 bits per heavy atom. The average molecular weight is 381 g/mol. The Morgan fingerprint density at radius 1 is 0.852 bits per heavy atom. The number of hydrogen-bond acceptors (Lipinski definition) is 2. The topological polar surface area (TPSA) is 36.4 Å². The molecule has 3 aromatic carbocycles. The second kappa shape index (κ2) is 7.80. The fourth-order valence-electron chi connectivity index (χ4n) is 2.88. The van der Waals surface area contributed by atoms with Crippen molar-refractivity contribution in [2.24, 2.45) is 4.99 Å². The summed E-state index contributed by atoms with van der Waals surface area (Å²) in [6, 6.07) is 19.2. The number of para-hydroxylation sites is 1. The number of halogens is 2. The summed E-state index contributed by atoms with van der Waals surface area (Å²) in [5.41, 5.74) is 3.63. The molecule has 0 spiro atoms. The predicted octanol–water partition coefficient (Wildman–Crippen LogP) is 5.13. The zero-order valence-corrected chi connectivity index (χ0v) is 15.2. The van der Waals surface area contributed by atoms with Gasteiger partial charge in [-0.05, 0) is 53.8 Å². The Morgan fingerprint density at radius 3 is 2.44 bits per heavy atom. The van der Waals surface area contributed by atoms with Crippen LogP contribution < -0.4 is 10.0 Å². The molecule has 2 N–H and O–H groups in total. The monoisotopic (exact) mass is 381 g/mol. The highest BCUT2D eigenvalue weighted by molar-refractivity contribution is 7.98. The minimum Gasteiger partial charge on any atom is -0.324 e. The molecular weight excluding hydrogens is 364 g/mol. The van der Waals surface area contributed by atoms with E-state index in [0.29, 0.717) is 17.9 Å². The maximum Gasteiger partial charge on any atom is 0.206 e. The van der Waals surface area contributed by atoms with Crippen molar-refractivity contribution in [2.45, 2.75) is 17.9 Å². The number of anilines is 1. The van der Waals surface area contributed by atoms with E-state index in [0.717, 1.165) is 21.7 Å². The quantitative estimate of drug-likeness (QED) is 0.615. The zero-order valence-electron chi connectivity index (χ0n) is 14.4. The van der Waals surface area contributed by atoms with Gasteiger partial charge in [-0.15, -0.1) is 0 Å². The van der Waals surface area contributed by atoms with Crippen LogP contribution in [0.2, 0.25) is 0 Å². The maximum absolute atomic E-state index is 13.8. The largest absolute Gasteiger partial charge is 0.324 e. The molecule has 3 nitrogen and oxygen atoms in total. The summed E-state index contributed by atoms with van der Waals surface area (Å²) in [5.74, 6) is 0.0827. The molecule has 4 rings (SSSR count). The van der Waals surface area contributed by atoms with E-state index in [-0.39, 0.29) is 18.2 Å². The molecule has 6 heteroatoms. The third-order valence-corrected chi connectivity index (χ3v) is 5.14. The van der Waals surface area contributed by atoms with Crippen LogP contribution >= 0.6 is 11.9 Å². The molecular formula is C21H17F2N3S. The first kappa shape index (κ1) is 17.5. The van der Waals surface area contributed by atoms with E-state index < -0.39 is 0 Å². The van der Waals surface area contributed by atoms with Gasteiger partial charge in [0.05, 0.1) is 17.1 Å². The van der Waals surface area contributed by atoms with E-state index in [1.807, 2.05) is 18.2 Å². The lowest BCUT2D eigenvalue weighted by Gasteiger charge is -2.23. The number of nitrogens with zero attached hydrogens (tertiary/aromatic N) is 1. The van der Waals surface area contributed by atoms with Crippen LogP contribution in [0.4, 0.5) is 14.5 Å². The standard InChI is InChI=1S/C21H17F2N3S/c22-17-10-8-14(9-11-17)12-15-5-3-7-19-20(15)25-21(26-27-19)24-13-16-4-1-2-6-18(16)23/h1-11H,12-13H2,(H2,24,25,26). The first-order valence-electron chi connectivity index (χ1n) is 8.53. The predicted molar refractivity (Wildman–Crippen MR) is 106 cm³/mol. The Labute approximate surface area is 160 Å². The summed E-state index contributed by atoms with van der Waals surface area (Å²) >= 11 is 1.47. The fraction of sp³-hybridized carbons (Fsp3) is 0.0952. The van der Waals surface area contributed by atoms with Gasteiger partial charge in [0, 0.05) is 5.56 Å². The molecule has 1 aliphatic heterocycles. The van der Waals surface area contributed by atoms with E-state index >= 15 is 0 Å². The van der Waals surface area contributed by atoms with Gasteiger partial charge in [0.15, 0.2) is 0 Å². The number of fused-ring (bicyclic) bond motifs is 1. The van der Waals surface area contributed by atoms with Crippen molar-refractivity contribution >= 4 is 23.6 Å². The van der Waals surface area contributed by atoms with E-state index in [9.17, 15) is 8.78 Å². The van der Waals surface area contributed by atoms with Gasteiger partial charge in [0.25, 0.3) is 0 Å². The number of aliphatic imine (C=N–C) groups is 1. The number of benzene rings is 3. The highest BCUT2D eigenvalue weighted by atomic mass is 32.2. The number of rotatable bonds is 4. The summed E-state index contributed by atoms with van der Waals surface area (Å²) < 4.78 is 30.1. The maximum atomic E-state index is 13.8. The summed E-state index contributed by atoms with van der Waals surface area (Å²) in [6.07, 6.45) is 0.678. The second-order valence-electron chi connectivity index (χ2n) is 6.18. The Bertz CT molecular complexity index is 987. The lowest BCUT2D eigenvalue weighted by atomic mass is 10.0. The van der Waals surface area contributed by atoms with Crippen LogP contribution in [0.15, 0.2) is 76.6 Å². The van der Waals surface area contributed by atoms with Crippen molar-refractivity contribution in [3.8, 4) is 0 Å². The summed E-state index contributed by atoms with van der Waals surface area (Å²) in [6.45, 7) is 0.248. The molecule has 0 aromatic heterocycles. The molecule has 0 fully saturated rings. The van der Waals surface area contributed by atoms with Crippen LogP contribution in [0, 0.1) is 11.6 Å². The van der Waals surface area contributed by atoms with E-state index in [1.54, 1.807) is 30.3 Å². The van der Waals surface area contributed by atoms with Crippen molar-refractivity contribution in [1.29, 1.82) is 0 Å². The van der Waals surface area contributed by atoms with Crippen LogP contribution in [0.1, 0.15) is 16.7 Å². The summed E-state index contributed by atoms with van der Waals surface area (Å²) in [5, 5.41) is 3.31. The van der Waals surface area contributed by atoms with Gasteiger partial charge in [-0.1, -0.05) is 42.5 Å². The van der Waals surface area contributed by atoms with Crippen LogP contribution in [0.3, 0.4) is 0 Å². The van der Waals surface area contributed by atoms with Gasteiger partial charge in [0.2, 0.25) is 5.96 Å². The molecule has 0 saturated heterocycles. The molecule has 0 amide bonds. The number of guanidine groups is 1. The van der Waals surface area contributed by atoms with Gasteiger partial charge < -0.3 is 5.32 Å². The summed E-state index contributed by atoms with van der Waals surface area (Å²) in [4.78, 5) is 5.51. The molecule has 1 aliphatic rings. The van der Waals surface area contributed by atoms with Gasteiger partial charge in [-0.3, -0.25) is 4.72 Å². The molecule has 1 heterocycles. The van der Waals surface area contributed by atoms with Crippen LogP contribution in [0.5, 0.6) is 0 Å². The normalized spacial score (nSPS) is 14.4. The highest BCUT2D eigenvalue weighted by Crippen LogP contribution is 2.33. The molecule has 0 bridgehead atoms. The van der Waals surface area contributed by atoms with Crippen molar-refractivity contribution in [1.82, 2.24) is 4.72 Å². The third kappa shape index (κ3) is 4.11. The minimum absolute atomic E-state index is 0.241. The molecule has 3 aromatic rings. The van der Waals surface area contributed by atoms with Crippen LogP contribution in [0.25, 0.3) is 0 Å². The van der Waals surface area contributed by atoms with E-state index in [1.165, 1.54) is 30.1 Å². The van der Waals surface area contributed by atoms with Crippen molar-refractivity contribution in [3.63, 3.8) is 0 Å². The van der Waals surface area contributed by atoms with Gasteiger partial charge in [-0.25, -0.2) is 13.8 Å². The first-order valence-corrected chi connectivity index (χ1v) is 9.35. The molecule has 0 atom stereocenters. The van der Waals surface area contributed by atoms with Gasteiger partial charge >= 0.3 is 0 Å². The van der Waals surface area contributed by atoms with Crippen LogP contribution in [-0.2, 0) is 13.0 Å². The number of hydrogen-bond donors (Lipinski definition) is 2. The van der Waals surface area contributed by atoms with Gasteiger partial charge in [0.1, 0.15) is 11.6 Å². The van der Waals surface area contributed by atoms with E-state index in [2.05, 4.69) is 15.0 Å². The Hall–Kier alpha value is -2.86. The molecule has 27 heavy (non-hydrogen) atoms. The Kier molecular flexibility index (Phi) is 5.07. The third-order valence-electron chi connectivity index (χ3n) is 4.29. The fourth-order valence-corrected chi connectivity index (χ4v) is 3.64. The minimum atomic E-state index is -0.261. The molecule has 0 saturated carbocycles. The van der Waals surface area contributed by atoms with Crippen molar-refractivity contribution < 1.29 is 8.78 Å². The molecule has 136 valence electrons. The lowest BCUT2D eigenvalue weighted by Crippen LogP contribution is -2.30. The smallest absolute Gasteiger partial charge is 0.206 e. The highest BCUT2D eigenvalue weighted by Gasteiger charge is 2.17. The first-order chi connectivity index (χ1) is 13.2. The molecule has 0 unspecified atom stereocenters. The average Bonchev–Trinajstić information content (AvgIpc) is 2.69. The zero-order chi connectivity index (χ0) is 18.6. The summed E-state index contributed by atoms with van der Waals surface area (Å²) in [7, 11) is 0. The lowest BCUT2D eigenvalue weighted by molar-refractivity contribution is 0.611. The molecule has 0 radical (unpaired) electrons. The second-order valence-corrected chi connectivity index (χ2v) is 7.03. The number of nitrogens with one attached hydrogen (secondary N) is 2. The van der Waals surface area contributed by atoms with Gasteiger partial charge in [-0.2, -0.15) is 0 Å². The molecule has 0 aliphatic carbocycles. The van der Waals surface area contributed by atoms with E-state index in [4.69, 9.17) is 0 Å². The van der Waals surface area contributed by atoms with Crippen molar-refractivity contribution in [3.05, 3.63) is 95.1 Å². The van der Waals surface area contributed by atoms with Crippen molar-refractivity contribution in [2.75, 3.05) is 5.32 Å². The Balaban J connectivity index is 1.55. The van der Waals surface area contributed by atoms with Crippen LogP contribution in [-0.4, -0.2) is 5.96 Å². The SMILES string of the molecule is Fc1ccc(Cc2cccc3c2NC(=NCc2ccccc2F)NS3)cc1.